The minimum absolute atomic E-state index is 0.0114. The first-order valence-corrected chi connectivity index (χ1v) is 9.80. The Hall–Kier alpha value is -1.89. The summed E-state index contributed by atoms with van der Waals surface area (Å²) in [6, 6.07) is 0. The van der Waals surface area contributed by atoms with E-state index in [9.17, 15) is 9.59 Å². The molecule has 0 aromatic rings. The highest BCUT2D eigenvalue weighted by Gasteiger charge is 2.58. The molecule has 0 aromatic carbocycles. The predicted octanol–water partition coefficient (Wildman–Crippen LogP) is 0.775. The number of guanidine groups is 1. The lowest BCUT2D eigenvalue weighted by molar-refractivity contribution is -0.140. The van der Waals surface area contributed by atoms with Crippen molar-refractivity contribution in [2.24, 2.45) is 28.7 Å². The average Bonchev–Trinajstić information content (AvgIpc) is 3.31. The maximum Gasteiger partial charge on any atom is 0.233 e. The highest BCUT2D eigenvalue weighted by Crippen LogP contribution is 2.52. The van der Waals surface area contributed by atoms with Crippen molar-refractivity contribution in [3.05, 3.63) is 12.2 Å². The SMILES string of the molecule is CCNC(=NCCCOCC)NCCN1C(=O)C2C3C=CC(C3)C2C1=O. The number of fused-ring (bicyclic) bond motifs is 5. The third-order valence-electron chi connectivity index (χ3n) is 5.45. The van der Waals surface area contributed by atoms with Crippen LogP contribution in [0.3, 0.4) is 0 Å². The van der Waals surface area contributed by atoms with E-state index in [-0.39, 0.29) is 35.5 Å². The van der Waals surface area contributed by atoms with Gasteiger partial charge in [-0.25, -0.2) is 0 Å². The molecule has 144 valence electrons. The molecular formula is C19H30N4O3. The Morgan fingerprint density at radius 1 is 1.19 bits per heavy atom. The number of hydrogen-bond donors (Lipinski definition) is 2. The number of ether oxygens (including phenoxy) is 1. The number of amides is 2. The number of allylic oxidation sites excluding steroid dienone is 2. The second-order valence-electron chi connectivity index (χ2n) is 7.07. The standard InChI is InChI=1S/C19H30N4O3/c1-3-20-19(21-8-5-11-26-4-2)22-9-10-23-17(24)15-13-6-7-14(12-13)16(15)18(23)25/h6-7,13-16H,3-5,8-12H2,1-2H3,(H2,20,21,22). The second kappa shape index (κ2) is 8.66. The van der Waals surface area contributed by atoms with Gasteiger partial charge in [0.15, 0.2) is 5.96 Å². The van der Waals surface area contributed by atoms with E-state index in [4.69, 9.17) is 4.74 Å². The molecule has 2 fully saturated rings. The molecule has 2 amide bonds. The van der Waals surface area contributed by atoms with Gasteiger partial charge in [-0.05, 0) is 38.5 Å². The van der Waals surface area contributed by atoms with Crippen LogP contribution in [0.1, 0.15) is 26.7 Å². The second-order valence-corrected chi connectivity index (χ2v) is 7.07. The van der Waals surface area contributed by atoms with Gasteiger partial charge in [0.05, 0.1) is 11.8 Å². The summed E-state index contributed by atoms with van der Waals surface area (Å²) in [5.74, 6) is 1.04. The number of hydrogen-bond acceptors (Lipinski definition) is 4. The number of imide groups is 1. The minimum Gasteiger partial charge on any atom is -0.382 e. The largest absolute Gasteiger partial charge is 0.382 e. The van der Waals surface area contributed by atoms with Crippen molar-refractivity contribution in [3.8, 4) is 0 Å². The fourth-order valence-corrected chi connectivity index (χ4v) is 4.31. The monoisotopic (exact) mass is 362 g/mol. The molecule has 2 N–H and O–H groups in total. The summed E-state index contributed by atoms with van der Waals surface area (Å²) in [5, 5.41) is 6.40. The lowest BCUT2D eigenvalue weighted by Gasteiger charge is -2.18. The topological polar surface area (TPSA) is 83.0 Å². The Labute approximate surface area is 155 Å². The maximum atomic E-state index is 12.6. The average molecular weight is 362 g/mol. The highest BCUT2D eigenvalue weighted by molar-refractivity contribution is 6.06. The van der Waals surface area contributed by atoms with Crippen molar-refractivity contribution in [3.63, 3.8) is 0 Å². The third-order valence-corrected chi connectivity index (χ3v) is 5.45. The molecule has 2 bridgehead atoms. The van der Waals surface area contributed by atoms with Crippen LogP contribution in [0.4, 0.5) is 0 Å². The van der Waals surface area contributed by atoms with Gasteiger partial charge in [0.25, 0.3) is 0 Å². The van der Waals surface area contributed by atoms with Crippen molar-refractivity contribution in [2.45, 2.75) is 26.7 Å². The summed E-state index contributed by atoms with van der Waals surface area (Å²) in [5.41, 5.74) is 0. The first kappa shape index (κ1) is 18.9. The molecule has 7 nitrogen and oxygen atoms in total. The smallest absolute Gasteiger partial charge is 0.233 e. The van der Waals surface area contributed by atoms with E-state index in [0.717, 1.165) is 26.0 Å². The molecule has 3 aliphatic rings. The number of aliphatic imine (C=N–C) groups is 1. The quantitative estimate of drug-likeness (QED) is 0.208. The number of nitrogens with zero attached hydrogens (tertiary/aromatic N) is 2. The van der Waals surface area contributed by atoms with E-state index in [1.807, 2.05) is 13.8 Å². The summed E-state index contributed by atoms with van der Waals surface area (Å²) < 4.78 is 5.31. The van der Waals surface area contributed by atoms with E-state index in [2.05, 4.69) is 27.8 Å². The zero-order valence-corrected chi connectivity index (χ0v) is 15.7. The fraction of sp³-hybridized carbons (Fsp3) is 0.737. The molecule has 0 radical (unpaired) electrons. The van der Waals surface area contributed by atoms with E-state index in [1.165, 1.54) is 4.90 Å². The molecule has 0 spiro atoms. The third kappa shape index (κ3) is 3.77. The molecule has 26 heavy (non-hydrogen) atoms. The van der Waals surface area contributed by atoms with E-state index < -0.39 is 0 Å². The van der Waals surface area contributed by atoms with Crippen molar-refractivity contribution >= 4 is 17.8 Å². The van der Waals surface area contributed by atoms with Crippen molar-refractivity contribution in [1.82, 2.24) is 15.5 Å². The van der Waals surface area contributed by atoms with Crippen LogP contribution in [0.15, 0.2) is 17.1 Å². The predicted molar refractivity (Wildman–Crippen MR) is 99.5 cm³/mol. The van der Waals surface area contributed by atoms with Gasteiger partial charge in [0.1, 0.15) is 0 Å². The molecule has 0 aromatic heterocycles. The lowest BCUT2D eigenvalue weighted by Crippen LogP contribution is -2.43. The Morgan fingerprint density at radius 3 is 2.50 bits per heavy atom. The number of likely N-dealkylation sites (tertiary alicyclic amines) is 1. The highest BCUT2D eigenvalue weighted by atomic mass is 16.5. The van der Waals surface area contributed by atoms with Gasteiger partial charge in [-0.1, -0.05) is 12.2 Å². The molecule has 1 saturated carbocycles. The van der Waals surface area contributed by atoms with Crippen LogP contribution in [0, 0.1) is 23.7 Å². The van der Waals surface area contributed by atoms with Gasteiger partial charge in [0.2, 0.25) is 11.8 Å². The molecule has 3 rings (SSSR count). The molecule has 4 unspecified atom stereocenters. The molecule has 7 heteroatoms. The Balaban J connectivity index is 1.46. The number of carbonyl (C=O) groups excluding carboxylic acids is 2. The van der Waals surface area contributed by atoms with Crippen LogP contribution in [0.25, 0.3) is 0 Å². The Morgan fingerprint density at radius 2 is 1.88 bits per heavy atom. The molecule has 1 aliphatic heterocycles. The molecular weight excluding hydrogens is 332 g/mol. The van der Waals surface area contributed by atoms with Gasteiger partial charge < -0.3 is 15.4 Å². The van der Waals surface area contributed by atoms with Gasteiger partial charge in [0, 0.05) is 39.4 Å². The number of nitrogens with one attached hydrogen (secondary N) is 2. The van der Waals surface area contributed by atoms with E-state index in [0.29, 0.717) is 32.2 Å². The van der Waals surface area contributed by atoms with Crippen LogP contribution in [0.5, 0.6) is 0 Å². The van der Waals surface area contributed by atoms with Gasteiger partial charge in [-0.3, -0.25) is 19.5 Å². The van der Waals surface area contributed by atoms with E-state index >= 15 is 0 Å². The zero-order valence-electron chi connectivity index (χ0n) is 15.7. The molecule has 4 atom stereocenters. The first-order chi connectivity index (χ1) is 12.7. The van der Waals surface area contributed by atoms with Gasteiger partial charge in [-0.15, -0.1) is 0 Å². The van der Waals surface area contributed by atoms with E-state index in [1.54, 1.807) is 0 Å². The van der Waals surface area contributed by atoms with Crippen LogP contribution in [-0.4, -0.2) is 62.1 Å². The van der Waals surface area contributed by atoms with Crippen LogP contribution in [0.2, 0.25) is 0 Å². The number of rotatable bonds is 9. The molecule has 1 heterocycles. The van der Waals surface area contributed by atoms with Crippen molar-refractivity contribution in [2.75, 3.05) is 39.4 Å². The molecule has 2 aliphatic carbocycles. The first-order valence-electron chi connectivity index (χ1n) is 9.80. The zero-order chi connectivity index (χ0) is 18.5. The molecule has 1 saturated heterocycles. The summed E-state index contributed by atoms with van der Waals surface area (Å²) in [6.07, 6.45) is 6.08. The summed E-state index contributed by atoms with van der Waals surface area (Å²) >= 11 is 0. The van der Waals surface area contributed by atoms with Crippen molar-refractivity contribution < 1.29 is 14.3 Å². The summed E-state index contributed by atoms with van der Waals surface area (Å²) in [4.78, 5) is 31.2. The maximum absolute atomic E-state index is 12.6. The van der Waals surface area contributed by atoms with Crippen LogP contribution < -0.4 is 10.6 Å². The van der Waals surface area contributed by atoms with Crippen molar-refractivity contribution in [1.29, 1.82) is 0 Å². The van der Waals surface area contributed by atoms with Crippen LogP contribution >= 0.6 is 0 Å². The fourth-order valence-electron chi connectivity index (χ4n) is 4.31. The minimum atomic E-state index is -0.113. The summed E-state index contributed by atoms with van der Waals surface area (Å²) in [6.45, 7) is 7.76. The summed E-state index contributed by atoms with van der Waals surface area (Å²) in [7, 11) is 0. The number of carbonyl (C=O) groups is 2. The normalized spacial score (nSPS) is 29.6. The lowest BCUT2D eigenvalue weighted by atomic mass is 9.85. The van der Waals surface area contributed by atoms with Gasteiger partial charge >= 0.3 is 0 Å². The Bertz CT molecular complexity index is 559. The Kier molecular flexibility index (Phi) is 6.29. The van der Waals surface area contributed by atoms with Gasteiger partial charge in [-0.2, -0.15) is 0 Å². The van der Waals surface area contributed by atoms with Crippen LogP contribution in [-0.2, 0) is 14.3 Å².